The normalized spacial score (nSPS) is 15.5. The maximum Gasteiger partial charge on any atom is 0.409 e. The zero-order valence-electron chi connectivity index (χ0n) is 13.1. The van der Waals surface area contributed by atoms with Crippen molar-refractivity contribution in [3.8, 4) is 0 Å². The molecule has 0 aliphatic carbocycles. The van der Waals surface area contributed by atoms with E-state index >= 15 is 0 Å². The van der Waals surface area contributed by atoms with Crippen LogP contribution in [0, 0.1) is 6.92 Å². The molecule has 2 N–H and O–H groups in total. The number of urea groups is 1. The van der Waals surface area contributed by atoms with E-state index in [0.717, 1.165) is 24.2 Å². The first kappa shape index (κ1) is 16.2. The Hall–Kier alpha value is -2.18. The summed E-state index contributed by atoms with van der Waals surface area (Å²) in [6.07, 6.45) is 2.80. The number of aryl methyl sites for hydroxylation is 1. The first-order valence-corrected chi connectivity index (χ1v) is 7.59. The molecular weight excluding hydrogens is 286 g/mol. The molecule has 0 aromatic carbocycles. The summed E-state index contributed by atoms with van der Waals surface area (Å²) in [5.74, 6) is 0.808. The van der Waals surface area contributed by atoms with Crippen LogP contribution in [0.1, 0.15) is 31.1 Å². The van der Waals surface area contributed by atoms with E-state index in [0.29, 0.717) is 26.2 Å². The zero-order chi connectivity index (χ0) is 15.9. The first-order valence-electron chi connectivity index (χ1n) is 7.59. The van der Waals surface area contributed by atoms with Gasteiger partial charge in [0.15, 0.2) is 0 Å². The number of nitrogens with zero attached hydrogens (tertiary/aromatic N) is 1. The molecule has 2 heterocycles. The highest BCUT2D eigenvalue weighted by Crippen LogP contribution is 2.12. The monoisotopic (exact) mass is 309 g/mol. The van der Waals surface area contributed by atoms with E-state index in [1.165, 1.54) is 0 Å². The van der Waals surface area contributed by atoms with E-state index in [1.807, 2.05) is 13.0 Å². The summed E-state index contributed by atoms with van der Waals surface area (Å²) < 4.78 is 10.1. The molecule has 0 radical (unpaired) electrons. The summed E-state index contributed by atoms with van der Waals surface area (Å²) in [4.78, 5) is 25.1. The number of hydrogen-bond acceptors (Lipinski definition) is 4. The van der Waals surface area contributed by atoms with Crippen LogP contribution in [-0.2, 0) is 11.3 Å². The van der Waals surface area contributed by atoms with Crippen LogP contribution in [0.5, 0.6) is 0 Å². The van der Waals surface area contributed by atoms with E-state index in [4.69, 9.17) is 9.15 Å². The lowest BCUT2D eigenvalue weighted by atomic mass is 10.1. The second kappa shape index (κ2) is 7.72. The number of piperidine rings is 1. The van der Waals surface area contributed by atoms with E-state index in [9.17, 15) is 9.59 Å². The Morgan fingerprint density at radius 1 is 1.41 bits per heavy atom. The second-order valence-electron chi connectivity index (χ2n) is 5.29. The Bertz CT molecular complexity index is 507. The third kappa shape index (κ3) is 4.41. The minimum atomic E-state index is -0.277. The standard InChI is InChI=1S/C15H23N3O4/c1-3-21-15(20)18-7-4-13(5-8-18)17-14(19)16-10-12-6-9-22-11(12)2/h6,9,13H,3-5,7-8,10H2,1-2H3,(H2,16,17,19). The molecule has 1 saturated heterocycles. The SMILES string of the molecule is CCOC(=O)N1CCC(NC(=O)NCc2ccoc2C)CC1. The molecule has 22 heavy (non-hydrogen) atoms. The Kier molecular flexibility index (Phi) is 5.68. The fraction of sp³-hybridized carbons (Fsp3) is 0.600. The highest BCUT2D eigenvalue weighted by molar-refractivity contribution is 5.74. The maximum atomic E-state index is 11.9. The molecule has 0 bridgehead atoms. The van der Waals surface area contributed by atoms with Crippen molar-refractivity contribution in [3.05, 3.63) is 23.7 Å². The summed E-state index contributed by atoms with van der Waals surface area (Å²) in [7, 11) is 0. The van der Waals surface area contributed by atoms with Crippen molar-refractivity contribution >= 4 is 12.1 Å². The molecule has 0 saturated carbocycles. The van der Waals surface area contributed by atoms with Gasteiger partial charge in [0.05, 0.1) is 12.9 Å². The zero-order valence-corrected chi connectivity index (χ0v) is 13.1. The van der Waals surface area contributed by atoms with Crippen molar-refractivity contribution in [2.24, 2.45) is 0 Å². The number of carbonyl (C=O) groups excluding carboxylic acids is 2. The lowest BCUT2D eigenvalue weighted by Gasteiger charge is -2.31. The molecule has 122 valence electrons. The summed E-state index contributed by atoms with van der Waals surface area (Å²) in [5, 5.41) is 5.74. The van der Waals surface area contributed by atoms with Gasteiger partial charge in [-0.15, -0.1) is 0 Å². The predicted octanol–water partition coefficient (Wildman–Crippen LogP) is 2.01. The van der Waals surface area contributed by atoms with Gasteiger partial charge in [-0.25, -0.2) is 9.59 Å². The fourth-order valence-corrected chi connectivity index (χ4v) is 2.43. The van der Waals surface area contributed by atoms with Crippen LogP contribution < -0.4 is 10.6 Å². The Balaban J connectivity index is 1.68. The van der Waals surface area contributed by atoms with Crippen LogP contribution in [-0.4, -0.2) is 42.8 Å². The molecule has 3 amide bonds. The molecule has 0 atom stereocenters. The molecule has 1 fully saturated rings. The van der Waals surface area contributed by atoms with Gasteiger partial charge in [0.2, 0.25) is 0 Å². The topological polar surface area (TPSA) is 83.8 Å². The molecular formula is C15H23N3O4. The van der Waals surface area contributed by atoms with Crippen LogP contribution in [0.2, 0.25) is 0 Å². The third-order valence-electron chi connectivity index (χ3n) is 3.76. The maximum absolute atomic E-state index is 11.9. The van der Waals surface area contributed by atoms with Crippen molar-refractivity contribution in [2.75, 3.05) is 19.7 Å². The molecule has 1 aliphatic rings. The van der Waals surface area contributed by atoms with E-state index in [1.54, 1.807) is 18.1 Å². The predicted molar refractivity (Wildman–Crippen MR) is 80.4 cm³/mol. The number of nitrogens with one attached hydrogen (secondary N) is 2. The van der Waals surface area contributed by atoms with Gasteiger partial charge in [-0.05, 0) is 32.8 Å². The van der Waals surface area contributed by atoms with Gasteiger partial charge < -0.3 is 24.7 Å². The minimum Gasteiger partial charge on any atom is -0.469 e. The van der Waals surface area contributed by atoms with Gasteiger partial charge in [0, 0.05) is 31.2 Å². The molecule has 1 aliphatic heterocycles. The molecule has 2 rings (SSSR count). The van der Waals surface area contributed by atoms with Crippen molar-refractivity contribution in [1.29, 1.82) is 0 Å². The van der Waals surface area contributed by atoms with Crippen molar-refractivity contribution in [3.63, 3.8) is 0 Å². The number of likely N-dealkylation sites (tertiary alicyclic amines) is 1. The highest BCUT2D eigenvalue weighted by atomic mass is 16.6. The smallest absolute Gasteiger partial charge is 0.409 e. The molecule has 1 aromatic heterocycles. The van der Waals surface area contributed by atoms with E-state index < -0.39 is 0 Å². The molecule has 1 aromatic rings. The largest absolute Gasteiger partial charge is 0.469 e. The quantitative estimate of drug-likeness (QED) is 0.891. The van der Waals surface area contributed by atoms with Gasteiger partial charge in [-0.1, -0.05) is 0 Å². The lowest BCUT2D eigenvalue weighted by Crippen LogP contribution is -2.49. The number of carbonyl (C=O) groups is 2. The summed E-state index contributed by atoms with van der Waals surface area (Å²) >= 11 is 0. The van der Waals surface area contributed by atoms with Crippen molar-refractivity contribution in [2.45, 2.75) is 39.3 Å². The number of rotatable bonds is 4. The summed E-state index contributed by atoms with van der Waals surface area (Å²) in [6.45, 7) is 5.68. The number of amides is 3. The van der Waals surface area contributed by atoms with Crippen LogP contribution in [0.25, 0.3) is 0 Å². The van der Waals surface area contributed by atoms with Gasteiger partial charge in [-0.3, -0.25) is 0 Å². The minimum absolute atomic E-state index is 0.0797. The van der Waals surface area contributed by atoms with Crippen molar-refractivity contribution in [1.82, 2.24) is 15.5 Å². The molecule has 0 unspecified atom stereocenters. The molecule has 0 spiro atoms. The highest BCUT2D eigenvalue weighted by Gasteiger charge is 2.24. The van der Waals surface area contributed by atoms with Gasteiger partial charge in [0.25, 0.3) is 0 Å². The number of hydrogen-bond donors (Lipinski definition) is 2. The van der Waals surface area contributed by atoms with Crippen molar-refractivity contribution < 1.29 is 18.7 Å². The fourth-order valence-electron chi connectivity index (χ4n) is 2.43. The number of furan rings is 1. The van der Waals surface area contributed by atoms with Crippen LogP contribution in [0.15, 0.2) is 16.7 Å². The average Bonchev–Trinajstić information content (AvgIpc) is 2.91. The Labute approximate surface area is 130 Å². The Morgan fingerprint density at radius 2 is 2.14 bits per heavy atom. The summed E-state index contributed by atoms with van der Waals surface area (Å²) in [6, 6.07) is 1.72. The van der Waals surface area contributed by atoms with E-state index in [-0.39, 0.29) is 18.2 Å². The van der Waals surface area contributed by atoms with Gasteiger partial charge in [-0.2, -0.15) is 0 Å². The lowest BCUT2D eigenvalue weighted by molar-refractivity contribution is 0.0957. The second-order valence-corrected chi connectivity index (χ2v) is 5.29. The van der Waals surface area contributed by atoms with Gasteiger partial charge in [0.1, 0.15) is 5.76 Å². The number of ether oxygens (including phenoxy) is 1. The molecule has 7 heteroatoms. The third-order valence-corrected chi connectivity index (χ3v) is 3.76. The van der Waals surface area contributed by atoms with Crippen LogP contribution in [0.4, 0.5) is 9.59 Å². The van der Waals surface area contributed by atoms with E-state index in [2.05, 4.69) is 10.6 Å². The molecule has 7 nitrogen and oxygen atoms in total. The van der Waals surface area contributed by atoms with Gasteiger partial charge >= 0.3 is 12.1 Å². The summed E-state index contributed by atoms with van der Waals surface area (Å²) in [5.41, 5.74) is 0.965. The van der Waals surface area contributed by atoms with Crippen LogP contribution in [0.3, 0.4) is 0 Å². The average molecular weight is 309 g/mol. The van der Waals surface area contributed by atoms with Crippen LogP contribution >= 0.6 is 0 Å². The first-order chi connectivity index (χ1) is 10.6. The Morgan fingerprint density at radius 3 is 2.73 bits per heavy atom.